The molecule has 14 heteroatoms. The van der Waals surface area contributed by atoms with Crippen LogP contribution in [0.25, 0.3) is 0 Å². The molecule has 2 saturated heterocycles. The van der Waals surface area contributed by atoms with Crippen molar-refractivity contribution < 1.29 is 67.3 Å². The maximum atomic E-state index is 12.1. The monoisotopic (exact) mass is 718 g/mol. The van der Waals surface area contributed by atoms with Gasteiger partial charge in [-0.2, -0.15) is 0 Å². The van der Waals surface area contributed by atoms with Gasteiger partial charge in [-0.05, 0) is 13.3 Å². The van der Waals surface area contributed by atoms with Crippen LogP contribution in [0.2, 0.25) is 0 Å². The van der Waals surface area contributed by atoms with E-state index in [1.54, 1.807) is 6.92 Å². The standard InChI is InChI=1S/C36H62O14/c1-7-8-9-10-11-12-13-14-15-16-17-18-19-20-21-43-35-32(30(42)29(41)28(49-35)22-44-24(3)37)50-36-34(48-27(6)40)33(47-26(5)39)31(23(2)45-36)46-25(4)38/h23,28-36,41-42H,7-22H2,1-6H3. The molecule has 10 atom stereocenters. The molecule has 0 aromatic heterocycles. The number of hydrogen-bond acceptors (Lipinski definition) is 14. The van der Waals surface area contributed by atoms with Gasteiger partial charge in [-0.25, -0.2) is 0 Å². The third kappa shape index (κ3) is 15.9. The smallest absolute Gasteiger partial charge is 0.303 e. The first kappa shape index (κ1) is 43.8. The SMILES string of the molecule is CCCCCCCCCCCCCCCCOC1OC(COC(C)=O)C(O)C(O)C1OC1OC(C)C(OC(C)=O)C(OC(C)=O)C1OC(C)=O. The highest BCUT2D eigenvalue weighted by atomic mass is 16.8. The minimum absolute atomic E-state index is 0.242. The number of esters is 4. The van der Waals surface area contributed by atoms with Crippen molar-refractivity contribution in [2.24, 2.45) is 0 Å². The molecular formula is C36H62O14. The Kier molecular flexibility index (Phi) is 21.0. The van der Waals surface area contributed by atoms with E-state index < -0.39 is 85.3 Å². The van der Waals surface area contributed by atoms with E-state index in [-0.39, 0.29) is 13.2 Å². The molecule has 2 aliphatic heterocycles. The van der Waals surface area contributed by atoms with Crippen molar-refractivity contribution in [1.29, 1.82) is 0 Å². The highest BCUT2D eigenvalue weighted by Crippen LogP contribution is 2.33. The number of aliphatic hydroxyl groups is 2. The van der Waals surface area contributed by atoms with Gasteiger partial charge in [-0.1, -0.05) is 90.4 Å². The number of aliphatic hydroxyl groups excluding tert-OH is 2. The Morgan fingerprint density at radius 3 is 1.54 bits per heavy atom. The quantitative estimate of drug-likeness (QED) is 0.0860. The zero-order valence-corrected chi connectivity index (χ0v) is 30.9. The van der Waals surface area contributed by atoms with Crippen LogP contribution in [0.1, 0.15) is 131 Å². The van der Waals surface area contributed by atoms with Crippen molar-refractivity contribution in [3.8, 4) is 0 Å². The molecule has 0 saturated carbocycles. The molecule has 2 aliphatic rings. The summed E-state index contributed by atoms with van der Waals surface area (Å²) in [4.78, 5) is 47.5. The summed E-state index contributed by atoms with van der Waals surface area (Å²) < 4.78 is 45.3. The average Bonchev–Trinajstić information content (AvgIpc) is 3.04. The fourth-order valence-electron chi connectivity index (χ4n) is 6.25. The van der Waals surface area contributed by atoms with Gasteiger partial charge >= 0.3 is 23.9 Å². The van der Waals surface area contributed by atoms with E-state index in [0.717, 1.165) is 33.1 Å². The van der Waals surface area contributed by atoms with E-state index in [9.17, 15) is 29.4 Å². The Morgan fingerprint density at radius 2 is 1.04 bits per heavy atom. The molecule has 0 amide bonds. The topological polar surface area (TPSA) is 183 Å². The predicted molar refractivity (Wildman–Crippen MR) is 179 cm³/mol. The second-order valence-corrected chi connectivity index (χ2v) is 13.3. The summed E-state index contributed by atoms with van der Waals surface area (Å²) in [6.07, 6.45) is 3.47. The zero-order chi connectivity index (χ0) is 37.1. The third-order valence-electron chi connectivity index (χ3n) is 8.80. The van der Waals surface area contributed by atoms with Crippen LogP contribution in [0.4, 0.5) is 0 Å². The van der Waals surface area contributed by atoms with Crippen molar-refractivity contribution in [2.75, 3.05) is 13.2 Å². The lowest BCUT2D eigenvalue weighted by Gasteiger charge is -2.47. The van der Waals surface area contributed by atoms with Gasteiger partial charge in [0.15, 0.2) is 30.9 Å². The molecule has 0 aromatic carbocycles. The van der Waals surface area contributed by atoms with E-state index in [1.807, 2.05) is 0 Å². The Hall–Kier alpha value is -2.36. The van der Waals surface area contributed by atoms with Crippen molar-refractivity contribution in [3.05, 3.63) is 0 Å². The second kappa shape index (κ2) is 24.0. The molecule has 2 N–H and O–H groups in total. The van der Waals surface area contributed by atoms with Gasteiger partial charge in [0.2, 0.25) is 0 Å². The molecule has 0 aliphatic carbocycles. The number of hydrogen-bond donors (Lipinski definition) is 2. The summed E-state index contributed by atoms with van der Waals surface area (Å²) in [6, 6.07) is 0. The predicted octanol–water partition coefficient (Wildman–Crippen LogP) is 4.42. The van der Waals surface area contributed by atoms with Crippen molar-refractivity contribution in [2.45, 2.75) is 193 Å². The van der Waals surface area contributed by atoms with E-state index in [1.165, 1.54) is 78.1 Å². The number of carbonyl (C=O) groups is 4. The van der Waals surface area contributed by atoms with Crippen LogP contribution in [0.15, 0.2) is 0 Å². The highest BCUT2D eigenvalue weighted by Gasteiger charge is 2.54. The van der Waals surface area contributed by atoms with Gasteiger partial charge in [-0.3, -0.25) is 19.2 Å². The molecule has 50 heavy (non-hydrogen) atoms. The molecule has 0 radical (unpaired) electrons. The van der Waals surface area contributed by atoms with E-state index in [4.69, 9.17) is 37.9 Å². The zero-order valence-electron chi connectivity index (χ0n) is 30.9. The Balaban J connectivity index is 2.03. The molecule has 2 heterocycles. The third-order valence-corrected chi connectivity index (χ3v) is 8.80. The lowest BCUT2D eigenvalue weighted by Crippen LogP contribution is -2.65. The minimum Gasteiger partial charge on any atom is -0.463 e. The molecule has 2 fully saturated rings. The molecule has 0 aromatic rings. The first-order valence-electron chi connectivity index (χ1n) is 18.4. The van der Waals surface area contributed by atoms with Crippen molar-refractivity contribution in [1.82, 2.24) is 0 Å². The van der Waals surface area contributed by atoms with Crippen LogP contribution in [-0.4, -0.2) is 109 Å². The van der Waals surface area contributed by atoms with Crippen molar-refractivity contribution >= 4 is 23.9 Å². The van der Waals surface area contributed by atoms with E-state index in [2.05, 4.69) is 6.92 Å². The first-order chi connectivity index (χ1) is 23.8. The number of ether oxygens (including phenoxy) is 8. The van der Waals surface area contributed by atoms with E-state index >= 15 is 0 Å². The normalized spacial score (nSPS) is 29.6. The van der Waals surface area contributed by atoms with Gasteiger partial charge in [0.25, 0.3) is 0 Å². The summed E-state index contributed by atoms with van der Waals surface area (Å²) in [7, 11) is 0. The Labute approximate surface area is 297 Å². The van der Waals surface area contributed by atoms with Gasteiger partial charge < -0.3 is 48.1 Å². The molecule has 290 valence electrons. The van der Waals surface area contributed by atoms with Gasteiger partial charge in [0.05, 0.1) is 6.10 Å². The average molecular weight is 719 g/mol. The van der Waals surface area contributed by atoms with Crippen LogP contribution in [0, 0.1) is 0 Å². The van der Waals surface area contributed by atoms with Crippen LogP contribution in [-0.2, 0) is 57.1 Å². The number of unbranched alkanes of at least 4 members (excludes halogenated alkanes) is 13. The second-order valence-electron chi connectivity index (χ2n) is 13.3. The van der Waals surface area contributed by atoms with Crippen LogP contribution in [0.3, 0.4) is 0 Å². The maximum absolute atomic E-state index is 12.1. The van der Waals surface area contributed by atoms with Crippen LogP contribution < -0.4 is 0 Å². The van der Waals surface area contributed by atoms with Gasteiger partial charge in [0.1, 0.15) is 31.0 Å². The molecule has 14 nitrogen and oxygen atoms in total. The Morgan fingerprint density at radius 1 is 0.560 bits per heavy atom. The lowest BCUT2D eigenvalue weighted by atomic mass is 9.97. The summed E-state index contributed by atoms with van der Waals surface area (Å²) in [5.41, 5.74) is 0. The summed E-state index contributed by atoms with van der Waals surface area (Å²) in [5.74, 6) is -2.79. The van der Waals surface area contributed by atoms with Crippen LogP contribution in [0.5, 0.6) is 0 Å². The highest BCUT2D eigenvalue weighted by molar-refractivity contribution is 5.68. The minimum atomic E-state index is -1.62. The molecule has 0 bridgehead atoms. The summed E-state index contributed by atoms with van der Waals surface area (Å²) >= 11 is 0. The van der Waals surface area contributed by atoms with Gasteiger partial charge in [0, 0.05) is 34.3 Å². The number of carbonyl (C=O) groups excluding carboxylic acids is 4. The van der Waals surface area contributed by atoms with E-state index in [0.29, 0.717) is 6.42 Å². The van der Waals surface area contributed by atoms with Gasteiger partial charge in [-0.15, -0.1) is 0 Å². The summed E-state index contributed by atoms with van der Waals surface area (Å²) in [6.45, 7) is 8.34. The maximum Gasteiger partial charge on any atom is 0.303 e. The molecule has 0 spiro atoms. The first-order valence-corrected chi connectivity index (χ1v) is 18.4. The molecule has 2 rings (SSSR count). The fourth-order valence-corrected chi connectivity index (χ4v) is 6.25. The van der Waals surface area contributed by atoms with Crippen LogP contribution >= 0.6 is 0 Å². The fraction of sp³-hybridized carbons (Fsp3) is 0.889. The number of rotatable bonds is 23. The summed E-state index contributed by atoms with van der Waals surface area (Å²) in [5, 5.41) is 22.1. The molecule has 10 unspecified atom stereocenters. The largest absolute Gasteiger partial charge is 0.463 e. The lowest BCUT2D eigenvalue weighted by molar-refractivity contribution is -0.365. The Bertz CT molecular complexity index is 1010. The van der Waals surface area contributed by atoms with Crippen molar-refractivity contribution in [3.63, 3.8) is 0 Å². The molecular weight excluding hydrogens is 656 g/mol.